The highest BCUT2D eigenvalue weighted by Gasteiger charge is 2.27. The molecular weight excluding hydrogens is 506 g/mol. The second kappa shape index (κ2) is 10.5. The topological polar surface area (TPSA) is 133 Å². The molecule has 0 amide bonds. The second-order valence-corrected chi connectivity index (χ2v) is 11.2. The van der Waals surface area contributed by atoms with Gasteiger partial charge in [-0.3, -0.25) is 9.48 Å². The summed E-state index contributed by atoms with van der Waals surface area (Å²) in [5.41, 5.74) is 2.38. The van der Waals surface area contributed by atoms with E-state index >= 15 is 0 Å². The van der Waals surface area contributed by atoms with E-state index in [1.54, 1.807) is 37.4 Å². The largest absolute Gasteiger partial charge is 0.473 e. The standard InChI is InChI=1S/C26H31N7O4S/c1-4-28-23-15-22-21(16-29-23)26(17-5-11-20(12-6-17)38(35,36)27-2)31-33(22)18-7-9-19(10-8-18)37-24-13-14-25(34)32(3)30-24/h5-6,11-16,18-19,27H,4,7-10H2,1-3H3,(H,28,29)/t18-,19+. The van der Waals surface area contributed by atoms with Crippen molar-refractivity contribution < 1.29 is 13.2 Å². The molecule has 1 saturated carbocycles. The number of aryl methyl sites for hydroxylation is 1. The predicted octanol–water partition coefficient (Wildman–Crippen LogP) is 3.09. The SMILES string of the molecule is CCNc1cc2c(cn1)c(-c1ccc(S(=O)(=O)NC)cc1)nn2[C@H]1CC[C@@H](Oc2ccc(=O)n(C)n2)CC1. The summed E-state index contributed by atoms with van der Waals surface area (Å²) in [5.74, 6) is 1.23. The Labute approximate surface area is 220 Å². The van der Waals surface area contributed by atoms with Crippen molar-refractivity contribution in [3.05, 3.63) is 59.0 Å². The monoisotopic (exact) mass is 537 g/mol. The summed E-state index contributed by atoms with van der Waals surface area (Å²) >= 11 is 0. The van der Waals surface area contributed by atoms with Gasteiger partial charge >= 0.3 is 0 Å². The molecule has 2 N–H and O–H groups in total. The highest BCUT2D eigenvalue weighted by atomic mass is 32.2. The zero-order valence-electron chi connectivity index (χ0n) is 21.6. The summed E-state index contributed by atoms with van der Waals surface area (Å²) < 4.78 is 36.1. The first-order chi connectivity index (χ1) is 18.3. The number of fused-ring (bicyclic) bond motifs is 1. The van der Waals surface area contributed by atoms with Crippen LogP contribution in [0.5, 0.6) is 5.88 Å². The molecule has 3 heterocycles. The van der Waals surface area contributed by atoms with E-state index in [4.69, 9.17) is 9.84 Å². The second-order valence-electron chi connectivity index (χ2n) is 9.32. The first-order valence-electron chi connectivity index (χ1n) is 12.7. The molecule has 200 valence electrons. The highest BCUT2D eigenvalue weighted by Crippen LogP contribution is 2.36. The van der Waals surface area contributed by atoms with E-state index in [1.807, 2.05) is 19.2 Å². The Morgan fingerprint density at radius 1 is 1.05 bits per heavy atom. The smallest absolute Gasteiger partial charge is 0.266 e. The molecule has 0 radical (unpaired) electrons. The van der Waals surface area contributed by atoms with Crippen LogP contribution >= 0.6 is 0 Å². The molecule has 1 aliphatic carbocycles. The summed E-state index contributed by atoms with van der Waals surface area (Å²) in [6.07, 6.45) is 5.22. The quantitative estimate of drug-likeness (QED) is 0.350. The van der Waals surface area contributed by atoms with Crippen LogP contribution in [0.1, 0.15) is 38.6 Å². The molecule has 1 aromatic carbocycles. The zero-order chi connectivity index (χ0) is 26.9. The summed E-state index contributed by atoms with van der Waals surface area (Å²) in [6, 6.07) is 12.0. The van der Waals surface area contributed by atoms with Crippen LogP contribution in [0.15, 0.2) is 58.4 Å². The molecule has 5 rings (SSSR count). The van der Waals surface area contributed by atoms with Gasteiger partial charge in [-0.05, 0) is 51.8 Å². The molecule has 3 aromatic heterocycles. The minimum atomic E-state index is -3.53. The van der Waals surface area contributed by atoms with Crippen LogP contribution in [-0.2, 0) is 17.1 Å². The predicted molar refractivity (Wildman–Crippen MR) is 145 cm³/mol. The van der Waals surface area contributed by atoms with Crippen molar-refractivity contribution >= 4 is 26.7 Å². The fraction of sp³-hybridized carbons (Fsp3) is 0.385. The number of benzene rings is 1. The van der Waals surface area contributed by atoms with Gasteiger partial charge in [-0.25, -0.2) is 22.8 Å². The molecule has 12 heteroatoms. The number of sulfonamides is 1. The van der Waals surface area contributed by atoms with Gasteiger partial charge in [-0.15, -0.1) is 5.10 Å². The molecule has 0 aliphatic heterocycles. The van der Waals surface area contributed by atoms with E-state index in [1.165, 1.54) is 17.8 Å². The lowest BCUT2D eigenvalue weighted by Crippen LogP contribution is -2.27. The minimum Gasteiger partial charge on any atom is -0.473 e. The van der Waals surface area contributed by atoms with Crippen LogP contribution in [0.25, 0.3) is 22.2 Å². The van der Waals surface area contributed by atoms with E-state index in [2.05, 4.69) is 24.8 Å². The van der Waals surface area contributed by atoms with E-state index in [9.17, 15) is 13.2 Å². The lowest BCUT2D eigenvalue weighted by molar-refractivity contribution is 0.123. The third kappa shape index (κ3) is 5.14. The molecule has 0 unspecified atom stereocenters. The Bertz CT molecular complexity index is 1610. The molecular formula is C26H31N7O4S. The van der Waals surface area contributed by atoms with Crippen LogP contribution in [0.3, 0.4) is 0 Å². The lowest BCUT2D eigenvalue weighted by Gasteiger charge is -2.29. The van der Waals surface area contributed by atoms with Crippen molar-refractivity contribution in [2.24, 2.45) is 7.05 Å². The van der Waals surface area contributed by atoms with E-state index in [0.717, 1.165) is 60.2 Å². The van der Waals surface area contributed by atoms with Gasteiger partial charge in [0.1, 0.15) is 17.6 Å². The van der Waals surface area contributed by atoms with Crippen molar-refractivity contribution in [1.29, 1.82) is 0 Å². The van der Waals surface area contributed by atoms with Gasteiger partial charge < -0.3 is 10.1 Å². The maximum Gasteiger partial charge on any atom is 0.266 e. The summed E-state index contributed by atoms with van der Waals surface area (Å²) in [5, 5.41) is 13.4. The fourth-order valence-corrected chi connectivity index (χ4v) is 5.56. The number of nitrogens with one attached hydrogen (secondary N) is 2. The summed E-state index contributed by atoms with van der Waals surface area (Å²) in [7, 11) is -0.525. The molecule has 38 heavy (non-hydrogen) atoms. The van der Waals surface area contributed by atoms with Gasteiger partial charge in [-0.1, -0.05) is 12.1 Å². The molecule has 1 aliphatic rings. The van der Waals surface area contributed by atoms with E-state index < -0.39 is 10.0 Å². The highest BCUT2D eigenvalue weighted by molar-refractivity contribution is 7.89. The Morgan fingerprint density at radius 2 is 1.79 bits per heavy atom. The van der Waals surface area contributed by atoms with Crippen LogP contribution in [0.2, 0.25) is 0 Å². The van der Waals surface area contributed by atoms with Crippen molar-refractivity contribution in [2.75, 3.05) is 18.9 Å². The van der Waals surface area contributed by atoms with Gasteiger partial charge in [0, 0.05) is 48.9 Å². The van der Waals surface area contributed by atoms with Gasteiger partial charge in [-0.2, -0.15) is 5.10 Å². The van der Waals surface area contributed by atoms with Crippen LogP contribution < -0.4 is 20.3 Å². The van der Waals surface area contributed by atoms with E-state index in [0.29, 0.717) is 5.88 Å². The van der Waals surface area contributed by atoms with Gasteiger partial charge in [0.2, 0.25) is 15.9 Å². The third-order valence-electron chi connectivity index (χ3n) is 6.87. The molecule has 0 spiro atoms. The van der Waals surface area contributed by atoms with Crippen LogP contribution in [0.4, 0.5) is 5.82 Å². The Kier molecular flexibility index (Phi) is 7.17. The molecule has 0 bridgehead atoms. The summed E-state index contributed by atoms with van der Waals surface area (Å²) in [4.78, 5) is 16.4. The molecule has 11 nitrogen and oxygen atoms in total. The Morgan fingerprint density at radius 3 is 2.45 bits per heavy atom. The summed E-state index contributed by atoms with van der Waals surface area (Å²) in [6.45, 7) is 2.78. The number of pyridine rings is 1. The number of anilines is 1. The van der Waals surface area contributed by atoms with Gasteiger partial charge in [0.05, 0.1) is 16.5 Å². The van der Waals surface area contributed by atoms with Crippen molar-refractivity contribution in [1.82, 2.24) is 29.3 Å². The number of ether oxygens (including phenoxy) is 1. The molecule has 0 atom stereocenters. The maximum absolute atomic E-state index is 12.2. The third-order valence-corrected chi connectivity index (χ3v) is 8.30. The lowest BCUT2D eigenvalue weighted by atomic mass is 9.93. The maximum atomic E-state index is 12.2. The average molecular weight is 538 g/mol. The van der Waals surface area contributed by atoms with Crippen molar-refractivity contribution in [2.45, 2.75) is 49.6 Å². The fourth-order valence-electron chi connectivity index (χ4n) is 4.83. The van der Waals surface area contributed by atoms with E-state index in [-0.39, 0.29) is 22.6 Å². The first kappa shape index (κ1) is 25.9. The molecule has 0 saturated heterocycles. The molecule has 4 aromatic rings. The minimum absolute atomic E-state index is 0.0122. The van der Waals surface area contributed by atoms with Gasteiger partial charge in [0.15, 0.2) is 0 Å². The van der Waals surface area contributed by atoms with Crippen LogP contribution in [0, 0.1) is 0 Å². The van der Waals surface area contributed by atoms with Gasteiger partial charge in [0.25, 0.3) is 5.56 Å². The Balaban J connectivity index is 1.43. The number of hydrogen-bond acceptors (Lipinski definition) is 8. The average Bonchev–Trinajstić information content (AvgIpc) is 3.30. The number of aromatic nitrogens is 5. The number of hydrogen-bond donors (Lipinski definition) is 2. The van der Waals surface area contributed by atoms with Crippen LogP contribution in [-0.4, -0.2) is 52.7 Å². The normalized spacial score (nSPS) is 18.0. The zero-order valence-corrected chi connectivity index (χ0v) is 22.4. The number of nitrogens with zero attached hydrogens (tertiary/aromatic N) is 5. The van der Waals surface area contributed by atoms with Crippen molar-refractivity contribution in [3.63, 3.8) is 0 Å². The Hall–Kier alpha value is -3.77. The number of rotatable bonds is 8. The molecule has 1 fully saturated rings. The van der Waals surface area contributed by atoms with Crippen molar-refractivity contribution in [3.8, 4) is 17.1 Å². The first-order valence-corrected chi connectivity index (χ1v) is 14.1.